The minimum absolute atomic E-state index is 0.103. The van der Waals surface area contributed by atoms with Crippen LogP contribution in [0.15, 0.2) is 0 Å². The minimum Gasteiger partial charge on any atom is -0.389 e. The van der Waals surface area contributed by atoms with Crippen LogP contribution in [0.25, 0.3) is 0 Å². The number of hydrogen-bond donors (Lipinski definition) is 2. The standard InChI is InChI=1S/C12H24N2O/c1-3-11(2,9-13)12(15)5-7-14-6-4-10(12)8-14/h10,15H,3-9,13H2,1-2H3. The third-order valence-electron chi connectivity index (χ3n) is 5.03. The molecule has 0 aliphatic carbocycles. The fraction of sp³-hybridized carbons (Fsp3) is 1.00. The summed E-state index contributed by atoms with van der Waals surface area (Å²) in [7, 11) is 0. The van der Waals surface area contributed by atoms with Crippen LogP contribution in [-0.4, -0.2) is 41.8 Å². The third-order valence-corrected chi connectivity index (χ3v) is 5.03. The van der Waals surface area contributed by atoms with Crippen molar-refractivity contribution in [1.82, 2.24) is 4.90 Å². The van der Waals surface area contributed by atoms with Crippen LogP contribution in [0, 0.1) is 11.3 Å². The molecule has 4 atom stereocenters. The summed E-state index contributed by atoms with van der Waals surface area (Å²) >= 11 is 0. The van der Waals surface area contributed by atoms with E-state index in [9.17, 15) is 5.11 Å². The lowest BCUT2D eigenvalue weighted by Gasteiger charge is -2.50. The minimum atomic E-state index is -0.524. The summed E-state index contributed by atoms with van der Waals surface area (Å²) in [6.45, 7) is 8.18. The van der Waals surface area contributed by atoms with E-state index in [1.165, 1.54) is 0 Å². The van der Waals surface area contributed by atoms with Crippen LogP contribution in [-0.2, 0) is 0 Å². The topological polar surface area (TPSA) is 49.5 Å². The fourth-order valence-electron chi connectivity index (χ4n) is 3.38. The van der Waals surface area contributed by atoms with E-state index in [0.29, 0.717) is 12.5 Å². The van der Waals surface area contributed by atoms with Gasteiger partial charge in [-0.2, -0.15) is 0 Å². The van der Waals surface area contributed by atoms with Crippen LogP contribution in [0.5, 0.6) is 0 Å². The lowest BCUT2D eigenvalue weighted by atomic mass is 9.62. The van der Waals surface area contributed by atoms with E-state index in [1.54, 1.807) is 0 Å². The highest BCUT2D eigenvalue weighted by atomic mass is 16.3. The number of nitrogens with zero attached hydrogens (tertiary/aromatic N) is 1. The van der Waals surface area contributed by atoms with Gasteiger partial charge in [-0.1, -0.05) is 13.8 Å². The normalized spacial score (nSPS) is 44.0. The Kier molecular flexibility index (Phi) is 2.82. The molecule has 0 radical (unpaired) electrons. The smallest absolute Gasteiger partial charge is 0.0765 e. The van der Waals surface area contributed by atoms with Crippen LogP contribution >= 0.6 is 0 Å². The van der Waals surface area contributed by atoms with Crippen molar-refractivity contribution in [3.8, 4) is 0 Å². The van der Waals surface area contributed by atoms with Crippen molar-refractivity contribution in [1.29, 1.82) is 0 Å². The monoisotopic (exact) mass is 212 g/mol. The van der Waals surface area contributed by atoms with Gasteiger partial charge in [-0.25, -0.2) is 0 Å². The summed E-state index contributed by atoms with van der Waals surface area (Å²) in [5, 5.41) is 11.0. The average molecular weight is 212 g/mol. The number of piperidine rings is 1. The molecule has 2 heterocycles. The number of nitrogens with two attached hydrogens (primary N) is 1. The van der Waals surface area contributed by atoms with Crippen LogP contribution in [0.2, 0.25) is 0 Å². The molecule has 2 aliphatic heterocycles. The van der Waals surface area contributed by atoms with Gasteiger partial charge in [0.15, 0.2) is 0 Å². The van der Waals surface area contributed by atoms with Crippen LogP contribution < -0.4 is 5.73 Å². The van der Waals surface area contributed by atoms with E-state index in [1.807, 2.05) is 0 Å². The van der Waals surface area contributed by atoms with Gasteiger partial charge in [0.1, 0.15) is 0 Å². The summed E-state index contributed by atoms with van der Waals surface area (Å²) < 4.78 is 0. The SMILES string of the molecule is CCC(C)(CN)C1(O)CCN2CCC1C2. The zero-order valence-electron chi connectivity index (χ0n) is 10.00. The van der Waals surface area contributed by atoms with Gasteiger partial charge in [-0.3, -0.25) is 0 Å². The largest absolute Gasteiger partial charge is 0.389 e. The van der Waals surface area contributed by atoms with Crippen molar-refractivity contribution in [2.45, 2.75) is 38.7 Å². The molecule has 3 nitrogen and oxygen atoms in total. The Morgan fingerprint density at radius 1 is 1.53 bits per heavy atom. The predicted molar refractivity (Wildman–Crippen MR) is 61.6 cm³/mol. The van der Waals surface area contributed by atoms with Gasteiger partial charge in [-0.05, 0) is 25.8 Å². The van der Waals surface area contributed by atoms with Gasteiger partial charge < -0.3 is 15.7 Å². The molecule has 3 N–H and O–H groups in total. The molecule has 4 unspecified atom stereocenters. The molecule has 2 rings (SSSR count). The summed E-state index contributed by atoms with van der Waals surface area (Å²) in [5.41, 5.74) is 5.26. The van der Waals surface area contributed by atoms with Crippen LogP contribution in [0.1, 0.15) is 33.1 Å². The van der Waals surface area contributed by atoms with Gasteiger partial charge >= 0.3 is 0 Å². The molecular weight excluding hydrogens is 188 g/mol. The molecule has 0 aromatic heterocycles. The van der Waals surface area contributed by atoms with Crippen molar-refractivity contribution in [3.05, 3.63) is 0 Å². The summed E-state index contributed by atoms with van der Waals surface area (Å²) in [6.07, 6.45) is 3.02. The molecule has 2 fully saturated rings. The van der Waals surface area contributed by atoms with E-state index >= 15 is 0 Å². The molecule has 2 aliphatic rings. The van der Waals surface area contributed by atoms with E-state index < -0.39 is 5.60 Å². The van der Waals surface area contributed by atoms with Gasteiger partial charge in [0, 0.05) is 31.0 Å². The molecule has 2 saturated heterocycles. The maximum atomic E-state index is 11.0. The van der Waals surface area contributed by atoms with E-state index in [2.05, 4.69) is 18.7 Å². The first-order valence-electron chi connectivity index (χ1n) is 6.20. The lowest BCUT2D eigenvalue weighted by molar-refractivity contribution is -0.134. The van der Waals surface area contributed by atoms with Gasteiger partial charge in [-0.15, -0.1) is 0 Å². The molecule has 0 aromatic rings. The van der Waals surface area contributed by atoms with E-state index in [0.717, 1.165) is 38.9 Å². The fourth-order valence-corrected chi connectivity index (χ4v) is 3.38. The molecule has 0 spiro atoms. The average Bonchev–Trinajstić information content (AvgIpc) is 2.68. The summed E-state index contributed by atoms with van der Waals surface area (Å²) in [6, 6.07) is 0. The Hall–Kier alpha value is -0.120. The second kappa shape index (κ2) is 3.72. The summed E-state index contributed by atoms with van der Waals surface area (Å²) in [4.78, 5) is 2.46. The van der Waals surface area contributed by atoms with Crippen molar-refractivity contribution in [2.24, 2.45) is 17.1 Å². The van der Waals surface area contributed by atoms with E-state index in [-0.39, 0.29) is 5.41 Å². The first-order valence-corrected chi connectivity index (χ1v) is 6.20. The molecular formula is C12H24N2O. The maximum absolute atomic E-state index is 11.0. The number of fused-ring (bicyclic) bond motifs is 2. The van der Waals surface area contributed by atoms with Crippen molar-refractivity contribution in [2.75, 3.05) is 26.2 Å². The molecule has 15 heavy (non-hydrogen) atoms. The zero-order chi connectivity index (χ0) is 11.1. The number of hydrogen-bond acceptors (Lipinski definition) is 3. The van der Waals surface area contributed by atoms with Crippen molar-refractivity contribution < 1.29 is 5.11 Å². The van der Waals surface area contributed by atoms with Crippen LogP contribution in [0.4, 0.5) is 0 Å². The quantitative estimate of drug-likeness (QED) is 0.728. The third kappa shape index (κ3) is 1.52. The highest BCUT2D eigenvalue weighted by Gasteiger charge is 2.54. The molecule has 3 heteroatoms. The molecule has 0 saturated carbocycles. The lowest BCUT2D eigenvalue weighted by Crippen LogP contribution is -2.59. The Morgan fingerprint density at radius 3 is 2.87 bits per heavy atom. The molecule has 2 bridgehead atoms. The molecule has 0 aromatic carbocycles. The molecule has 88 valence electrons. The highest BCUT2D eigenvalue weighted by molar-refractivity contribution is 5.06. The van der Waals surface area contributed by atoms with Crippen molar-refractivity contribution in [3.63, 3.8) is 0 Å². The second-order valence-electron chi connectivity index (χ2n) is 5.58. The van der Waals surface area contributed by atoms with E-state index in [4.69, 9.17) is 5.73 Å². The van der Waals surface area contributed by atoms with Crippen molar-refractivity contribution >= 4 is 0 Å². The Morgan fingerprint density at radius 2 is 2.27 bits per heavy atom. The summed E-state index contributed by atoms with van der Waals surface area (Å²) in [5.74, 6) is 0.444. The van der Waals surface area contributed by atoms with Crippen LogP contribution in [0.3, 0.4) is 0 Å². The Balaban J connectivity index is 2.24. The number of aliphatic hydroxyl groups is 1. The Labute approximate surface area is 92.6 Å². The zero-order valence-corrected chi connectivity index (χ0v) is 10.00. The van der Waals surface area contributed by atoms with Gasteiger partial charge in [0.25, 0.3) is 0 Å². The second-order valence-corrected chi connectivity index (χ2v) is 5.58. The van der Waals surface area contributed by atoms with Gasteiger partial charge in [0.05, 0.1) is 5.60 Å². The first-order chi connectivity index (χ1) is 7.05. The predicted octanol–water partition coefficient (Wildman–Crippen LogP) is 0.818. The van der Waals surface area contributed by atoms with Gasteiger partial charge in [0.2, 0.25) is 0 Å². The maximum Gasteiger partial charge on any atom is 0.0765 e. The highest BCUT2D eigenvalue weighted by Crippen LogP contribution is 2.47. The molecule has 0 amide bonds. The number of rotatable bonds is 3. The first kappa shape index (κ1) is 11.4. The Bertz CT molecular complexity index is 240.